The van der Waals surface area contributed by atoms with Gasteiger partial charge in [-0.1, -0.05) is 32.4 Å². The third kappa shape index (κ3) is 9.50. The smallest absolute Gasteiger partial charge is 0.170 e. The minimum Gasteiger partial charge on any atom is -0.493 e. The Bertz CT molecular complexity index is 1130. The first-order valence-electron chi connectivity index (χ1n) is 14.3. The average Bonchev–Trinajstić information content (AvgIpc) is 2.93. The van der Waals surface area contributed by atoms with Crippen LogP contribution in [0.2, 0.25) is 0 Å². The van der Waals surface area contributed by atoms with Crippen molar-refractivity contribution in [1.29, 1.82) is 0 Å². The summed E-state index contributed by atoms with van der Waals surface area (Å²) in [6.07, 6.45) is 12.0. The van der Waals surface area contributed by atoms with Gasteiger partial charge in [0.05, 0.1) is 26.9 Å². The summed E-state index contributed by atoms with van der Waals surface area (Å²) in [5, 5.41) is 0. The van der Waals surface area contributed by atoms with Crippen molar-refractivity contribution < 1.29 is 27.6 Å². The van der Waals surface area contributed by atoms with E-state index in [1.165, 1.54) is 6.07 Å². The molecule has 0 aliphatic heterocycles. The second-order valence-corrected chi connectivity index (χ2v) is 11.7. The predicted molar refractivity (Wildman–Crippen MR) is 163 cm³/mol. The van der Waals surface area contributed by atoms with Crippen LogP contribution < -0.4 is 19.9 Å². The quantitative estimate of drug-likeness (QED) is 0.123. The third-order valence-corrected chi connectivity index (χ3v) is 8.64. The Labute approximate surface area is 240 Å². The molecule has 0 fully saturated rings. The van der Waals surface area contributed by atoms with Gasteiger partial charge in [0.2, 0.25) is 0 Å². The lowest BCUT2D eigenvalue weighted by molar-refractivity contribution is 0.266. The molecule has 0 saturated carbocycles. The molecule has 0 amide bonds. The van der Waals surface area contributed by atoms with Crippen molar-refractivity contribution in [2.75, 3.05) is 38.8 Å². The number of anilines is 1. The molecule has 2 unspecified atom stereocenters. The summed E-state index contributed by atoms with van der Waals surface area (Å²) < 4.78 is 44.1. The molecule has 0 radical (unpaired) electrons. The second kappa shape index (κ2) is 16.6. The van der Waals surface area contributed by atoms with Crippen molar-refractivity contribution in [3.63, 3.8) is 0 Å². The van der Waals surface area contributed by atoms with Crippen molar-refractivity contribution in [2.24, 2.45) is 5.92 Å². The molecule has 220 valence electrons. The van der Waals surface area contributed by atoms with Gasteiger partial charge in [-0.2, -0.15) is 0 Å². The van der Waals surface area contributed by atoms with Gasteiger partial charge in [0.15, 0.2) is 31.4 Å². The number of rotatable bonds is 16. The largest absolute Gasteiger partial charge is 0.493 e. The number of methoxy groups -OCH3 is 1. The number of benzene rings is 2. The number of hydrogen-bond acceptors (Lipinski definition) is 6. The van der Waals surface area contributed by atoms with Gasteiger partial charge in [0.25, 0.3) is 0 Å². The Kier molecular flexibility index (Phi) is 13.3. The molecule has 40 heavy (non-hydrogen) atoms. The zero-order chi connectivity index (χ0) is 28.9. The second-order valence-electron chi connectivity index (χ2n) is 10.1. The molecule has 1 aliphatic rings. The monoisotopic (exact) mass is 573 g/mol. The van der Waals surface area contributed by atoms with E-state index in [-0.39, 0.29) is 11.7 Å². The molecular weight excluding hydrogens is 528 g/mol. The summed E-state index contributed by atoms with van der Waals surface area (Å²) in [5.41, 5.74) is 7.99. The van der Waals surface area contributed by atoms with Gasteiger partial charge < -0.3 is 29.0 Å². The van der Waals surface area contributed by atoms with Crippen molar-refractivity contribution in [3.05, 3.63) is 65.5 Å². The van der Waals surface area contributed by atoms with Crippen molar-refractivity contribution in [2.45, 2.75) is 65.7 Å². The van der Waals surface area contributed by atoms with E-state index < -0.39 is 14.2 Å². The molecule has 0 aromatic heterocycles. The van der Waals surface area contributed by atoms with Crippen LogP contribution in [0.3, 0.4) is 0 Å². The van der Waals surface area contributed by atoms with Crippen LogP contribution in [-0.2, 0) is 9.05 Å². The maximum absolute atomic E-state index is 14.6. The Hall–Kier alpha value is -2.60. The Balaban J connectivity index is 1.66. The number of hydrogen-bond donors (Lipinski definition) is 1. The first kappa shape index (κ1) is 31.9. The van der Waals surface area contributed by atoms with Crippen molar-refractivity contribution >= 4 is 19.8 Å². The maximum Gasteiger partial charge on any atom is 0.170 e. The van der Waals surface area contributed by atoms with Crippen LogP contribution in [0.25, 0.3) is 5.76 Å². The lowest BCUT2D eigenvalue weighted by Crippen LogP contribution is -2.08. The molecule has 2 aromatic carbocycles. The molecule has 2 aromatic rings. The van der Waals surface area contributed by atoms with Crippen LogP contribution in [0.1, 0.15) is 76.8 Å². The van der Waals surface area contributed by atoms with Gasteiger partial charge in [-0.25, -0.2) is 4.39 Å². The van der Waals surface area contributed by atoms with E-state index in [2.05, 4.69) is 19.9 Å². The number of nitrogen functional groups attached to an aromatic ring is 1. The summed E-state index contributed by atoms with van der Waals surface area (Å²) in [4.78, 5) is 0. The van der Waals surface area contributed by atoms with Gasteiger partial charge in [0, 0.05) is 23.5 Å². The van der Waals surface area contributed by atoms with E-state index in [1.807, 2.05) is 38.1 Å². The fourth-order valence-electron chi connectivity index (χ4n) is 4.71. The van der Waals surface area contributed by atoms with Gasteiger partial charge in [0.1, 0.15) is 5.76 Å². The van der Waals surface area contributed by atoms with E-state index in [0.717, 1.165) is 49.4 Å². The minimum atomic E-state index is -0.762. The highest BCUT2D eigenvalue weighted by atomic mass is 31.2. The maximum atomic E-state index is 14.6. The fraction of sp³-hybridized carbons (Fsp3) is 0.500. The van der Waals surface area contributed by atoms with Crippen LogP contribution in [0, 0.1) is 11.7 Å². The predicted octanol–water partition coefficient (Wildman–Crippen LogP) is 8.86. The van der Waals surface area contributed by atoms with Crippen LogP contribution in [0.15, 0.2) is 48.6 Å². The molecule has 0 spiro atoms. The molecule has 2 atom stereocenters. The van der Waals surface area contributed by atoms with Gasteiger partial charge >= 0.3 is 0 Å². The van der Waals surface area contributed by atoms with E-state index in [9.17, 15) is 4.39 Å². The number of halogens is 1. The van der Waals surface area contributed by atoms with Gasteiger partial charge in [-0.3, -0.25) is 0 Å². The topological polar surface area (TPSA) is 72.2 Å². The summed E-state index contributed by atoms with van der Waals surface area (Å²) in [5.74, 6) is 2.29. The standard InChI is InChI=1S/C32H45FNO5P/c1-6-37-40(38-7-2)19-11-13-23(3)12-10-18-36-32-22-27-26(21-31(32)35-5)24(4)14-8-9-15-29(27)39-30-17-16-25(34)20-28(30)33/h8-9,15-17,20-24H,6-7,10-14,18-19,34H2,1-5H3. The number of fused-ring (bicyclic) bond motifs is 1. The highest BCUT2D eigenvalue weighted by Gasteiger charge is 2.22. The molecule has 3 rings (SSSR count). The number of allylic oxidation sites excluding steroid dienone is 3. The first-order valence-corrected chi connectivity index (χ1v) is 15.7. The zero-order valence-electron chi connectivity index (χ0n) is 24.6. The van der Waals surface area contributed by atoms with E-state index in [4.69, 9.17) is 29.0 Å². The highest BCUT2D eigenvalue weighted by molar-refractivity contribution is 7.47. The summed E-state index contributed by atoms with van der Waals surface area (Å²) >= 11 is 0. The minimum absolute atomic E-state index is 0.121. The van der Waals surface area contributed by atoms with E-state index >= 15 is 0 Å². The lowest BCUT2D eigenvalue weighted by Gasteiger charge is -2.22. The Morgan fingerprint density at radius 3 is 2.48 bits per heavy atom. The van der Waals surface area contributed by atoms with E-state index in [1.54, 1.807) is 19.2 Å². The van der Waals surface area contributed by atoms with Crippen molar-refractivity contribution in [1.82, 2.24) is 0 Å². The highest BCUT2D eigenvalue weighted by Crippen LogP contribution is 2.41. The van der Waals surface area contributed by atoms with Crippen LogP contribution in [0.5, 0.6) is 17.2 Å². The molecule has 0 heterocycles. The van der Waals surface area contributed by atoms with E-state index in [0.29, 0.717) is 48.7 Å². The van der Waals surface area contributed by atoms with Gasteiger partial charge in [-0.05, 0) is 87.3 Å². The Morgan fingerprint density at radius 1 is 1.02 bits per heavy atom. The summed E-state index contributed by atoms with van der Waals surface area (Å²) in [6.45, 7) is 10.4. The van der Waals surface area contributed by atoms with Crippen LogP contribution >= 0.6 is 8.38 Å². The Morgan fingerprint density at radius 2 is 1.77 bits per heavy atom. The van der Waals surface area contributed by atoms with Crippen LogP contribution in [0.4, 0.5) is 10.1 Å². The number of ether oxygens (including phenoxy) is 3. The van der Waals surface area contributed by atoms with Gasteiger partial charge in [-0.15, -0.1) is 0 Å². The fourth-order valence-corrected chi connectivity index (χ4v) is 6.06. The zero-order valence-corrected chi connectivity index (χ0v) is 25.5. The molecule has 6 nitrogen and oxygen atoms in total. The molecule has 1 aliphatic carbocycles. The molecule has 0 bridgehead atoms. The third-order valence-electron chi connectivity index (χ3n) is 6.86. The number of nitrogens with two attached hydrogens (primary N) is 1. The molecule has 2 N–H and O–H groups in total. The lowest BCUT2D eigenvalue weighted by atomic mass is 9.90. The molecule has 8 heteroatoms. The molecule has 0 saturated heterocycles. The average molecular weight is 574 g/mol. The normalized spacial score (nSPS) is 15.7. The first-order chi connectivity index (χ1) is 19.4. The SMILES string of the molecule is CCOP(CCCC(C)CCCOc1cc2c(cc1OC)C(C)CC=CC=C2Oc1ccc(N)cc1F)OCC. The van der Waals surface area contributed by atoms with Crippen molar-refractivity contribution in [3.8, 4) is 17.2 Å². The molecular formula is C32H45FNO5P. The van der Waals surface area contributed by atoms with Crippen LogP contribution in [-0.4, -0.2) is 33.1 Å². The summed E-state index contributed by atoms with van der Waals surface area (Å²) in [7, 11) is 0.891. The summed E-state index contributed by atoms with van der Waals surface area (Å²) in [6, 6.07) is 8.41.